The van der Waals surface area contributed by atoms with Gasteiger partial charge in [0.2, 0.25) is 0 Å². The minimum absolute atomic E-state index is 0. The van der Waals surface area contributed by atoms with Gasteiger partial charge in [-0.05, 0) is 36.8 Å². The van der Waals surface area contributed by atoms with Crippen LogP contribution in [0.4, 0.5) is 4.39 Å². The zero-order valence-electron chi connectivity index (χ0n) is 12.3. The van der Waals surface area contributed by atoms with E-state index < -0.39 is 5.82 Å². The third-order valence-electron chi connectivity index (χ3n) is 2.89. The molecule has 0 amide bonds. The van der Waals surface area contributed by atoms with Crippen LogP contribution in [0.25, 0.3) is 0 Å². The molecule has 0 aliphatic heterocycles. The molecule has 1 aromatic heterocycles. The van der Waals surface area contributed by atoms with Crippen LogP contribution >= 0.6 is 46.9 Å². The second kappa shape index (κ2) is 9.32. The van der Waals surface area contributed by atoms with Crippen molar-refractivity contribution in [1.82, 2.24) is 10.6 Å². The maximum Gasteiger partial charge on any atom is 0.191 e. The summed E-state index contributed by atoms with van der Waals surface area (Å²) < 4.78 is 13.1. The van der Waals surface area contributed by atoms with Crippen molar-refractivity contribution in [2.45, 2.75) is 20.0 Å². The highest BCUT2D eigenvalue weighted by Crippen LogP contribution is 2.16. The Labute approximate surface area is 156 Å². The van der Waals surface area contributed by atoms with E-state index in [1.54, 1.807) is 30.5 Å². The lowest BCUT2D eigenvalue weighted by molar-refractivity contribution is 0.627. The standard InChI is InChI=1S/C15H17ClFN3S.HI/c1-10-3-5-12(21-10)9-20-15(18-2)19-8-11-4-6-14(17)13(16)7-11;/h3-7H,8-9H2,1-2H3,(H2,18,19,20);1H. The average Bonchev–Trinajstić information content (AvgIpc) is 2.88. The van der Waals surface area contributed by atoms with Gasteiger partial charge >= 0.3 is 0 Å². The summed E-state index contributed by atoms with van der Waals surface area (Å²) in [5, 5.41) is 6.54. The van der Waals surface area contributed by atoms with Crippen molar-refractivity contribution in [3.8, 4) is 0 Å². The van der Waals surface area contributed by atoms with Gasteiger partial charge in [-0.1, -0.05) is 17.7 Å². The maximum atomic E-state index is 13.1. The Balaban J connectivity index is 0.00000242. The van der Waals surface area contributed by atoms with Gasteiger partial charge in [-0.2, -0.15) is 0 Å². The lowest BCUT2D eigenvalue weighted by Gasteiger charge is -2.11. The normalized spacial score (nSPS) is 11.0. The Morgan fingerprint density at radius 3 is 2.55 bits per heavy atom. The van der Waals surface area contributed by atoms with E-state index >= 15 is 0 Å². The van der Waals surface area contributed by atoms with Crippen LogP contribution in [0.1, 0.15) is 15.3 Å². The third-order valence-corrected chi connectivity index (χ3v) is 4.18. The summed E-state index contributed by atoms with van der Waals surface area (Å²) in [4.78, 5) is 6.69. The van der Waals surface area contributed by atoms with E-state index in [1.165, 1.54) is 15.8 Å². The van der Waals surface area contributed by atoms with E-state index in [0.717, 1.165) is 12.1 Å². The fraction of sp³-hybridized carbons (Fsp3) is 0.267. The van der Waals surface area contributed by atoms with E-state index in [-0.39, 0.29) is 29.0 Å². The molecule has 3 nitrogen and oxygen atoms in total. The van der Waals surface area contributed by atoms with Gasteiger partial charge in [-0.25, -0.2) is 4.39 Å². The van der Waals surface area contributed by atoms with Crippen LogP contribution in [0.3, 0.4) is 0 Å². The van der Waals surface area contributed by atoms with Gasteiger partial charge < -0.3 is 10.6 Å². The molecule has 7 heteroatoms. The van der Waals surface area contributed by atoms with E-state index in [4.69, 9.17) is 11.6 Å². The molecule has 0 aliphatic carbocycles. The molecule has 0 spiro atoms. The Kier molecular flexibility index (Phi) is 8.13. The van der Waals surface area contributed by atoms with Gasteiger partial charge in [0.15, 0.2) is 5.96 Å². The summed E-state index contributed by atoms with van der Waals surface area (Å²) in [6.45, 7) is 3.34. The average molecular weight is 454 g/mol. The van der Waals surface area contributed by atoms with Crippen molar-refractivity contribution in [3.63, 3.8) is 0 Å². The molecule has 0 atom stereocenters. The van der Waals surface area contributed by atoms with Gasteiger partial charge in [-0.15, -0.1) is 35.3 Å². The van der Waals surface area contributed by atoms with Gasteiger partial charge in [-0.3, -0.25) is 4.99 Å². The number of benzene rings is 1. The van der Waals surface area contributed by atoms with Gasteiger partial charge in [0.1, 0.15) is 5.82 Å². The second-order valence-corrected chi connectivity index (χ2v) is 6.32. The van der Waals surface area contributed by atoms with Crippen LogP contribution in [0.2, 0.25) is 5.02 Å². The first-order chi connectivity index (χ1) is 10.1. The number of guanidine groups is 1. The van der Waals surface area contributed by atoms with Crippen LogP contribution in [0.5, 0.6) is 0 Å². The molecule has 22 heavy (non-hydrogen) atoms. The maximum absolute atomic E-state index is 13.1. The molecule has 0 saturated heterocycles. The Bertz CT molecular complexity index is 645. The lowest BCUT2D eigenvalue weighted by Crippen LogP contribution is -2.36. The molecule has 2 rings (SSSR count). The van der Waals surface area contributed by atoms with Crippen LogP contribution in [-0.2, 0) is 13.1 Å². The molecule has 0 bridgehead atoms. The topological polar surface area (TPSA) is 36.4 Å². The number of hydrogen-bond acceptors (Lipinski definition) is 2. The van der Waals surface area contributed by atoms with E-state index in [9.17, 15) is 4.39 Å². The SMILES string of the molecule is CN=C(NCc1ccc(F)c(Cl)c1)NCc1ccc(C)s1.I. The largest absolute Gasteiger partial charge is 0.352 e. The van der Waals surface area contributed by atoms with Crippen LogP contribution in [-0.4, -0.2) is 13.0 Å². The third kappa shape index (κ3) is 5.73. The minimum atomic E-state index is -0.406. The summed E-state index contributed by atoms with van der Waals surface area (Å²) in [6.07, 6.45) is 0. The molecule has 2 aromatic rings. The number of halogens is 3. The molecular weight excluding hydrogens is 436 g/mol. The number of aryl methyl sites for hydroxylation is 1. The zero-order chi connectivity index (χ0) is 15.2. The van der Waals surface area contributed by atoms with Crippen LogP contribution < -0.4 is 10.6 Å². The summed E-state index contributed by atoms with van der Waals surface area (Å²) in [5.74, 6) is 0.289. The number of thiophene rings is 1. The first kappa shape index (κ1) is 19.2. The summed E-state index contributed by atoms with van der Waals surface area (Å²) in [5.41, 5.74) is 0.899. The lowest BCUT2D eigenvalue weighted by atomic mass is 10.2. The van der Waals surface area contributed by atoms with E-state index in [1.807, 2.05) is 0 Å². The molecule has 0 saturated carbocycles. The fourth-order valence-corrected chi connectivity index (χ4v) is 2.84. The molecule has 1 heterocycles. The minimum Gasteiger partial charge on any atom is -0.352 e. The van der Waals surface area contributed by atoms with Crippen molar-refractivity contribution in [2.24, 2.45) is 4.99 Å². The summed E-state index contributed by atoms with van der Waals surface area (Å²) in [6, 6.07) is 8.87. The number of nitrogens with one attached hydrogen (secondary N) is 2. The number of hydrogen-bond donors (Lipinski definition) is 2. The van der Waals surface area contributed by atoms with Crippen molar-refractivity contribution in [3.05, 3.63) is 56.5 Å². The van der Waals surface area contributed by atoms with Gasteiger partial charge in [0.25, 0.3) is 0 Å². The Morgan fingerprint density at radius 2 is 1.95 bits per heavy atom. The first-order valence-corrected chi connectivity index (χ1v) is 7.71. The Morgan fingerprint density at radius 1 is 1.23 bits per heavy atom. The summed E-state index contributed by atoms with van der Waals surface area (Å²) >= 11 is 7.51. The smallest absolute Gasteiger partial charge is 0.191 e. The van der Waals surface area contributed by atoms with Crippen molar-refractivity contribution < 1.29 is 4.39 Å². The van der Waals surface area contributed by atoms with Crippen LogP contribution in [0.15, 0.2) is 35.3 Å². The highest BCUT2D eigenvalue weighted by molar-refractivity contribution is 14.0. The quantitative estimate of drug-likeness (QED) is 0.411. The molecule has 2 N–H and O–H groups in total. The zero-order valence-corrected chi connectivity index (χ0v) is 16.2. The van der Waals surface area contributed by atoms with Crippen LogP contribution in [0, 0.1) is 12.7 Å². The van der Waals surface area contributed by atoms with Gasteiger partial charge in [0.05, 0.1) is 11.6 Å². The predicted octanol–water partition coefficient (Wildman–Crippen LogP) is 4.33. The van der Waals surface area contributed by atoms with E-state index in [0.29, 0.717) is 12.5 Å². The molecule has 0 aliphatic rings. The highest BCUT2D eigenvalue weighted by Gasteiger charge is 2.03. The molecule has 0 fully saturated rings. The van der Waals surface area contributed by atoms with E-state index in [2.05, 4.69) is 34.7 Å². The molecule has 0 unspecified atom stereocenters. The summed E-state index contributed by atoms with van der Waals surface area (Å²) in [7, 11) is 1.71. The number of rotatable bonds is 4. The second-order valence-electron chi connectivity index (χ2n) is 4.54. The first-order valence-electron chi connectivity index (χ1n) is 6.52. The molecule has 120 valence electrons. The molecule has 1 aromatic carbocycles. The van der Waals surface area contributed by atoms with Crippen molar-refractivity contribution >= 4 is 52.9 Å². The number of aliphatic imine (C=N–C) groups is 1. The fourth-order valence-electron chi connectivity index (χ4n) is 1.81. The predicted molar refractivity (Wildman–Crippen MR) is 103 cm³/mol. The number of nitrogens with zero attached hydrogens (tertiary/aromatic N) is 1. The van der Waals surface area contributed by atoms with Crippen molar-refractivity contribution in [2.75, 3.05) is 7.05 Å². The molecule has 0 radical (unpaired) electrons. The van der Waals surface area contributed by atoms with Crippen molar-refractivity contribution in [1.29, 1.82) is 0 Å². The van der Waals surface area contributed by atoms with Gasteiger partial charge in [0, 0.05) is 23.3 Å². The highest BCUT2D eigenvalue weighted by atomic mass is 127. The molecular formula is C15H18ClFIN3S. The monoisotopic (exact) mass is 453 g/mol. The Hall–Kier alpha value is -0.860.